The Bertz CT molecular complexity index is 584. The van der Waals surface area contributed by atoms with Crippen LogP contribution in [-0.2, 0) is 6.54 Å². The van der Waals surface area contributed by atoms with Gasteiger partial charge in [0.15, 0.2) is 0 Å². The normalized spacial score (nSPS) is 10.4. The molecule has 0 radical (unpaired) electrons. The van der Waals surface area contributed by atoms with E-state index in [1.165, 1.54) is 0 Å². The van der Waals surface area contributed by atoms with Crippen molar-refractivity contribution in [3.8, 4) is 11.5 Å². The van der Waals surface area contributed by atoms with Gasteiger partial charge in [0.25, 0.3) is 0 Å². The first kappa shape index (κ1) is 14.5. The lowest BCUT2D eigenvalue weighted by Crippen LogP contribution is -2.11. The number of nitrogens with one attached hydrogen (secondary N) is 1. The first-order valence-electron chi connectivity index (χ1n) is 6.29. The van der Waals surface area contributed by atoms with Crippen LogP contribution in [0.5, 0.6) is 11.5 Å². The van der Waals surface area contributed by atoms with Gasteiger partial charge >= 0.3 is 0 Å². The molecule has 6 heteroatoms. The van der Waals surface area contributed by atoms with Gasteiger partial charge in [0.1, 0.15) is 17.3 Å². The Balaban J connectivity index is 2.05. The molecule has 108 valence electrons. The fourth-order valence-corrected chi connectivity index (χ4v) is 2.19. The van der Waals surface area contributed by atoms with E-state index in [1.807, 2.05) is 13.1 Å². The summed E-state index contributed by atoms with van der Waals surface area (Å²) in [6.07, 6.45) is 3.75. The molecule has 0 aliphatic rings. The molecule has 0 amide bonds. The van der Waals surface area contributed by atoms with Crippen molar-refractivity contribution in [2.24, 2.45) is 0 Å². The monoisotopic (exact) mass is 295 g/mol. The molecule has 0 saturated heterocycles. The van der Waals surface area contributed by atoms with Crippen molar-refractivity contribution in [3.63, 3.8) is 0 Å². The highest BCUT2D eigenvalue weighted by Crippen LogP contribution is 2.35. The minimum absolute atomic E-state index is 0.551. The number of hydrogen-bond donors (Lipinski definition) is 1. The molecule has 1 heterocycles. The van der Waals surface area contributed by atoms with Crippen LogP contribution in [0.2, 0.25) is 5.02 Å². The molecule has 0 saturated carbocycles. The van der Waals surface area contributed by atoms with Crippen molar-refractivity contribution in [1.82, 2.24) is 9.55 Å². The minimum Gasteiger partial charge on any atom is -0.495 e. The Hall–Kier alpha value is -1.88. The molecule has 0 fully saturated rings. The Kier molecular flexibility index (Phi) is 4.74. The van der Waals surface area contributed by atoms with Crippen molar-refractivity contribution in [1.29, 1.82) is 0 Å². The summed E-state index contributed by atoms with van der Waals surface area (Å²) in [4.78, 5) is 4.19. The zero-order chi connectivity index (χ0) is 14.5. The van der Waals surface area contributed by atoms with Gasteiger partial charge in [-0.15, -0.1) is 0 Å². The Labute approximate surface area is 123 Å². The maximum Gasteiger partial charge on any atom is 0.145 e. The van der Waals surface area contributed by atoms with Crippen LogP contribution in [0.15, 0.2) is 24.5 Å². The zero-order valence-corrected chi connectivity index (χ0v) is 12.6. The van der Waals surface area contributed by atoms with E-state index in [-0.39, 0.29) is 0 Å². The summed E-state index contributed by atoms with van der Waals surface area (Å²) in [5, 5.41) is 3.86. The number of imidazole rings is 1. The first-order chi connectivity index (χ1) is 9.65. The van der Waals surface area contributed by atoms with E-state index in [0.29, 0.717) is 16.5 Å². The highest BCUT2D eigenvalue weighted by atomic mass is 35.5. The summed E-state index contributed by atoms with van der Waals surface area (Å²) in [6, 6.07) is 3.58. The topological polar surface area (TPSA) is 48.3 Å². The lowest BCUT2D eigenvalue weighted by molar-refractivity contribution is 0.395. The van der Waals surface area contributed by atoms with Crippen LogP contribution in [0.25, 0.3) is 0 Å². The molecule has 0 spiro atoms. The van der Waals surface area contributed by atoms with E-state index in [9.17, 15) is 0 Å². The summed E-state index contributed by atoms with van der Waals surface area (Å²) in [5.74, 6) is 2.29. The van der Waals surface area contributed by atoms with Crippen LogP contribution in [0.4, 0.5) is 5.69 Å². The minimum atomic E-state index is 0.551. The fraction of sp³-hybridized carbons (Fsp3) is 0.357. The van der Waals surface area contributed by atoms with Gasteiger partial charge in [0.05, 0.1) is 24.9 Å². The van der Waals surface area contributed by atoms with Crippen molar-refractivity contribution >= 4 is 17.3 Å². The van der Waals surface area contributed by atoms with E-state index < -0.39 is 0 Å². The van der Waals surface area contributed by atoms with Gasteiger partial charge in [-0.1, -0.05) is 11.6 Å². The highest BCUT2D eigenvalue weighted by molar-refractivity contribution is 6.32. The molecule has 1 N–H and O–H groups in total. The van der Waals surface area contributed by atoms with Crippen molar-refractivity contribution in [2.75, 3.05) is 26.1 Å². The van der Waals surface area contributed by atoms with Gasteiger partial charge in [0, 0.05) is 31.5 Å². The largest absolute Gasteiger partial charge is 0.495 e. The van der Waals surface area contributed by atoms with Gasteiger partial charge in [-0.25, -0.2) is 4.98 Å². The molecule has 2 aromatic rings. The van der Waals surface area contributed by atoms with Crippen molar-refractivity contribution < 1.29 is 9.47 Å². The van der Waals surface area contributed by atoms with E-state index in [4.69, 9.17) is 21.1 Å². The van der Waals surface area contributed by atoms with Crippen molar-refractivity contribution in [2.45, 2.75) is 13.5 Å². The van der Waals surface area contributed by atoms with Gasteiger partial charge in [0.2, 0.25) is 0 Å². The number of hydrogen-bond acceptors (Lipinski definition) is 4. The van der Waals surface area contributed by atoms with Crippen LogP contribution in [0, 0.1) is 6.92 Å². The maximum absolute atomic E-state index is 6.13. The van der Waals surface area contributed by atoms with Gasteiger partial charge in [-0.05, 0) is 13.0 Å². The number of halogens is 1. The fourth-order valence-electron chi connectivity index (χ4n) is 1.95. The predicted octanol–water partition coefficient (Wildman–Crippen LogP) is 2.97. The number of methoxy groups -OCH3 is 2. The van der Waals surface area contributed by atoms with E-state index in [2.05, 4.69) is 14.9 Å². The lowest BCUT2D eigenvalue weighted by atomic mass is 10.2. The third-order valence-corrected chi connectivity index (χ3v) is 3.36. The average Bonchev–Trinajstić information content (AvgIpc) is 2.85. The SMILES string of the molecule is COc1cc(OC)c(NCCn2ccnc2C)cc1Cl. The molecule has 0 bridgehead atoms. The van der Waals surface area contributed by atoms with Crippen LogP contribution in [0.1, 0.15) is 5.82 Å². The third kappa shape index (κ3) is 3.17. The quantitative estimate of drug-likeness (QED) is 0.890. The third-order valence-electron chi connectivity index (χ3n) is 3.07. The molecular formula is C14H18ClN3O2. The Morgan fingerprint density at radius 1 is 1.25 bits per heavy atom. The smallest absolute Gasteiger partial charge is 0.145 e. The van der Waals surface area contributed by atoms with Gasteiger partial charge in [-0.2, -0.15) is 0 Å². The second kappa shape index (κ2) is 6.52. The number of aromatic nitrogens is 2. The second-order valence-electron chi connectivity index (χ2n) is 4.28. The number of ether oxygens (including phenoxy) is 2. The summed E-state index contributed by atoms with van der Waals surface area (Å²) in [5.41, 5.74) is 0.844. The predicted molar refractivity (Wildman–Crippen MR) is 80.0 cm³/mol. The van der Waals surface area contributed by atoms with E-state index >= 15 is 0 Å². The highest BCUT2D eigenvalue weighted by Gasteiger charge is 2.09. The number of nitrogens with zero attached hydrogens (tertiary/aromatic N) is 2. The molecule has 20 heavy (non-hydrogen) atoms. The molecule has 0 aliphatic heterocycles. The van der Waals surface area contributed by atoms with Gasteiger partial charge in [-0.3, -0.25) is 0 Å². The molecule has 1 aromatic carbocycles. The number of aryl methyl sites for hydroxylation is 1. The summed E-state index contributed by atoms with van der Waals surface area (Å²) >= 11 is 6.13. The van der Waals surface area contributed by atoms with Crippen LogP contribution < -0.4 is 14.8 Å². The van der Waals surface area contributed by atoms with Gasteiger partial charge < -0.3 is 19.4 Å². The average molecular weight is 296 g/mol. The van der Waals surface area contributed by atoms with Crippen LogP contribution >= 0.6 is 11.6 Å². The van der Waals surface area contributed by atoms with Crippen LogP contribution in [-0.4, -0.2) is 30.3 Å². The second-order valence-corrected chi connectivity index (χ2v) is 4.69. The Morgan fingerprint density at radius 3 is 2.60 bits per heavy atom. The molecular weight excluding hydrogens is 278 g/mol. The number of rotatable bonds is 6. The molecule has 0 aliphatic carbocycles. The number of anilines is 1. The standard InChI is InChI=1S/C14H18ClN3O2/c1-10-16-4-6-18(10)7-5-17-12-8-11(15)13(19-2)9-14(12)20-3/h4,6,8-9,17H,5,7H2,1-3H3. The molecule has 5 nitrogen and oxygen atoms in total. The summed E-state index contributed by atoms with van der Waals surface area (Å²) in [7, 11) is 3.20. The van der Waals surface area contributed by atoms with E-state index in [1.54, 1.807) is 32.5 Å². The molecule has 1 aromatic heterocycles. The summed E-state index contributed by atoms with van der Waals surface area (Å²) < 4.78 is 12.6. The first-order valence-corrected chi connectivity index (χ1v) is 6.66. The zero-order valence-electron chi connectivity index (χ0n) is 11.8. The van der Waals surface area contributed by atoms with E-state index in [0.717, 1.165) is 24.6 Å². The van der Waals surface area contributed by atoms with Crippen molar-refractivity contribution in [3.05, 3.63) is 35.4 Å². The maximum atomic E-state index is 6.13. The summed E-state index contributed by atoms with van der Waals surface area (Å²) in [6.45, 7) is 3.54. The molecule has 0 atom stereocenters. The molecule has 0 unspecified atom stereocenters. The molecule has 2 rings (SSSR count). The lowest BCUT2D eigenvalue weighted by Gasteiger charge is -2.14. The van der Waals surface area contributed by atoms with Crippen LogP contribution in [0.3, 0.4) is 0 Å². The Morgan fingerprint density at radius 2 is 2.00 bits per heavy atom. The number of benzene rings is 1.